The lowest BCUT2D eigenvalue weighted by atomic mass is 9.95. The molecule has 2 aliphatic heterocycles. The van der Waals surface area contributed by atoms with Gasteiger partial charge in [0.25, 0.3) is 5.91 Å². The van der Waals surface area contributed by atoms with Gasteiger partial charge in [-0.2, -0.15) is 0 Å². The fourth-order valence-corrected chi connectivity index (χ4v) is 4.79. The summed E-state index contributed by atoms with van der Waals surface area (Å²) in [6.45, 7) is 0. The third-order valence-electron chi connectivity index (χ3n) is 5.05. The summed E-state index contributed by atoms with van der Waals surface area (Å²) < 4.78 is 0. The number of hydroxylamine groups is 1. The summed E-state index contributed by atoms with van der Waals surface area (Å²) in [5.74, 6) is -1.21. The first-order valence-electron chi connectivity index (χ1n) is 8.83. The third kappa shape index (κ3) is 2.64. The van der Waals surface area contributed by atoms with Gasteiger partial charge in [0, 0.05) is 9.90 Å². The lowest BCUT2D eigenvalue weighted by Crippen LogP contribution is -2.37. The van der Waals surface area contributed by atoms with Crippen LogP contribution in [0.15, 0.2) is 72.1 Å². The van der Waals surface area contributed by atoms with Gasteiger partial charge in [0.1, 0.15) is 12.0 Å². The Morgan fingerprint density at radius 1 is 0.857 bits per heavy atom. The fraction of sp³-hybridized carbons (Fsp3) is 0.143. The molecular formula is C21H15ClN2O3S. The number of halogens is 1. The second kappa shape index (κ2) is 6.74. The van der Waals surface area contributed by atoms with Gasteiger partial charge in [-0.3, -0.25) is 14.4 Å². The SMILES string of the molecule is O=C1[C@@H]2[C@@H](c3cccs3)N(c3ccccc3)O[C@H]2C(=O)N1c1ccc(Cl)cc1. The standard InChI is InChI=1S/C21H15ClN2O3S/c22-13-8-10-14(11-9-13)23-20(25)17-18(16-7-4-12-28-16)24(27-19(17)21(23)26)15-5-2-1-3-6-15/h1-12,17-19H/t17-,18-,19-/m1/s1. The molecule has 5 rings (SSSR count). The number of carbonyl (C=O) groups is 2. The smallest absolute Gasteiger partial charge is 0.266 e. The van der Waals surface area contributed by atoms with Crippen molar-refractivity contribution in [1.29, 1.82) is 0 Å². The van der Waals surface area contributed by atoms with Crippen LogP contribution in [0.2, 0.25) is 5.02 Å². The van der Waals surface area contributed by atoms with E-state index in [9.17, 15) is 9.59 Å². The average Bonchev–Trinajstić information content (AvgIpc) is 3.42. The summed E-state index contributed by atoms with van der Waals surface area (Å²) in [6.07, 6.45) is -0.851. The van der Waals surface area contributed by atoms with Gasteiger partial charge in [-0.05, 0) is 47.8 Å². The average molecular weight is 411 g/mol. The lowest BCUT2D eigenvalue weighted by molar-refractivity contribution is -0.126. The Kier molecular flexibility index (Phi) is 4.19. The third-order valence-corrected chi connectivity index (χ3v) is 6.24. The molecule has 0 radical (unpaired) electrons. The van der Waals surface area contributed by atoms with Crippen molar-refractivity contribution in [3.05, 3.63) is 82.0 Å². The zero-order valence-corrected chi connectivity index (χ0v) is 16.1. The van der Waals surface area contributed by atoms with Crippen molar-refractivity contribution in [3.63, 3.8) is 0 Å². The molecule has 3 aromatic rings. The molecule has 0 bridgehead atoms. The molecule has 7 heteroatoms. The minimum absolute atomic E-state index is 0.255. The van der Waals surface area contributed by atoms with Crippen molar-refractivity contribution in [2.45, 2.75) is 12.1 Å². The largest absolute Gasteiger partial charge is 0.273 e. The molecule has 2 fully saturated rings. The van der Waals surface area contributed by atoms with Crippen molar-refractivity contribution >= 4 is 46.1 Å². The van der Waals surface area contributed by atoms with Crippen molar-refractivity contribution in [1.82, 2.24) is 0 Å². The van der Waals surface area contributed by atoms with Crippen LogP contribution in [0.4, 0.5) is 11.4 Å². The summed E-state index contributed by atoms with van der Waals surface area (Å²) >= 11 is 7.49. The van der Waals surface area contributed by atoms with E-state index in [0.717, 1.165) is 10.6 Å². The Balaban J connectivity index is 1.56. The van der Waals surface area contributed by atoms with Crippen LogP contribution in [0.5, 0.6) is 0 Å². The Labute approximate surface area is 170 Å². The molecule has 0 spiro atoms. The van der Waals surface area contributed by atoms with Crippen LogP contribution in [0.3, 0.4) is 0 Å². The molecule has 2 saturated heterocycles. The fourth-order valence-electron chi connectivity index (χ4n) is 3.81. The monoisotopic (exact) mass is 410 g/mol. The second-order valence-corrected chi connectivity index (χ2v) is 8.08. The van der Waals surface area contributed by atoms with Gasteiger partial charge in [0.15, 0.2) is 6.10 Å². The molecule has 0 N–H and O–H groups in total. The maximum absolute atomic E-state index is 13.3. The summed E-state index contributed by atoms with van der Waals surface area (Å²) in [7, 11) is 0. The quantitative estimate of drug-likeness (QED) is 0.598. The number of fused-ring (bicyclic) bond motifs is 1. The Hall–Kier alpha value is -2.67. The van der Waals surface area contributed by atoms with E-state index >= 15 is 0 Å². The number of amides is 2. The lowest BCUT2D eigenvalue weighted by Gasteiger charge is -2.27. The van der Waals surface area contributed by atoms with Crippen molar-refractivity contribution in [2.75, 3.05) is 9.96 Å². The number of hydrogen-bond acceptors (Lipinski definition) is 5. The Bertz CT molecular complexity index is 1020. The predicted molar refractivity (Wildman–Crippen MR) is 108 cm³/mol. The van der Waals surface area contributed by atoms with Crippen LogP contribution in [0, 0.1) is 5.92 Å². The Morgan fingerprint density at radius 2 is 1.61 bits per heavy atom. The molecule has 5 nitrogen and oxygen atoms in total. The summed E-state index contributed by atoms with van der Waals surface area (Å²) in [5, 5.41) is 4.21. The number of carbonyl (C=O) groups excluding carboxylic acids is 2. The topological polar surface area (TPSA) is 49.9 Å². The van der Waals surface area contributed by atoms with Gasteiger partial charge in [-0.1, -0.05) is 35.9 Å². The zero-order chi connectivity index (χ0) is 19.3. The van der Waals surface area contributed by atoms with Gasteiger partial charge < -0.3 is 0 Å². The highest BCUT2D eigenvalue weighted by Gasteiger charge is 2.60. The van der Waals surface area contributed by atoms with E-state index in [1.54, 1.807) is 40.7 Å². The highest BCUT2D eigenvalue weighted by molar-refractivity contribution is 7.10. The first-order chi connectivity index (χ1) is 13.6. The van der Waals surface area contributed by atoms with E-state index in [1.165, 1.54) is 4.90 Å². The minimum Gasteiger partial charge on any atom is -0.273 e. The van der Waals surface area contributed by atoms with E-state index in [0.29, 0.717) is 10.7 Å². The number of thiophene rings is 1. The number of hydrogen-bond donors (Lipinski definition) is 0. The number of nitrogens with zero attached hydrogens (tertiary/aromatic N) is 2. The van der Waals surface area contributed by atoms with Gasteiger partial charge in [0.2, 0.25) is 5.91 Å². The van der Waals surface area contributed by atoms with Gasteiger partial charge >= 0.3 is 0 Å². The minimum atomic E-state index is -0.851. The normalized spacial score (nSPS) is 24.1. The van der Waals surface area contributed by atoms with E-state index < -0.39 is 12.0 Å². The number of anilines is 2. The number of imide groups is 1. The van der Waals surface area contributed by atoms with Crippen LogP contribution >= 0.6 is 22.9 Å². The van der Waals surface area contributed by atoms with Crippen molar-refractivity contribution in [2.24, 2.45) is 5.92 Å². The number of rotatable bonds is 3. The predicted octanol–water partition coefficient (Wildman–Crippen LogP) is 4.45. The van der Waals surface area contributed by atoms with Gasteiger partial charge in [0.05, 0.1) is 11.4 Å². The molecular weight excluding hydrogens is 396 g/mol. The van der Waals surface area contributed by atoms with E-state index in [4.69, 9.17) is 16.4 Å². The molecule has 1 aromatic heterocycles. The highest BCUT2D eigenvalue weighted by Crippen LogP contribution is 2.48. The van der Waals surface area contributed by atoms with Gasteiger partial charge in [-0.25, -0.2) is 9.96 Å². The molecule has 3 heterocycles. The van der Waals surface area contributed by atoms with Crippen molar-refractivity contribution < 1.29 is 14.4 Å². The number of para-hydroxylation sites is 1. The van der Waals surface area contributed by atoms with E-state index in [2.05, 4.69) is 0 Å². The van der Waals surface area contributed by atoms with Crippen LogP contribution in [-0.4, -0.2) is 17.9 Å². The van der Waals surface area contributed by atoms with Crippen LogP contribution < -0.4 is 9.96 Å². The molecule has 0 unspecified atom stereocenters. The van der Waals surface area contributed by atoms with E-state index in [1.807, 2.05) is 47.8 Å². The zero-order valence-electron chi connectivity index (χ0n) is 14.6. The molecule has 0 aliphatic carbocycles. The highest BCUT2D eigenvalue weighted by atomic mass is 35.5. The van der Waals surface area contributed by atoms with Gasteiger partial charge in [-0.15, -0.1) is 11.3 Å². The van der Waals surface area contributed by atoms with Crippen LogP contribution in [-0.2, 0) is 14.4 Å². The second-order valence-electron chi connectivity index (χ2n) is 6.66. The maximum Gasteiger partial charge on any atom is 0.266 e. The molecule has 2 aliphatic rings. The molecule has 2 amide bonds. The summed E-state index contributed by atoms with van der Waals surface area (Å²) in [6, 6.07) is 19.8. The van der Waals surface area contributed by atoms with Crippen LogP contribution in [0.25, 0.3) is 0 Å². The number of benzene rings is 2. The maximum atomic E-state index is 13.3. The van der Waals surface area contributed by atoms with E-state index in [-0.39, 0.29) is 17.9 Å². The summed E-state index contributed by atoms with van der Waals surface area (Å²) in [5.41, 5.74) is 1.32. The molecule has 28 heavy (non-hydrogen) atoms. The summed E-state index contributed by atoms with van der Waals surface area (Å²) in [4.78, 5) is 34.7. The molecule has 0 saturated carbocycles. The molecule has 3 atom stereocenters. The first-order valence-corrected chi connectivity index (χ1v) is 10.1. The Morgan fingerprint density at radius 3 is 2.29 bits per heavy atom. The molecule has 140 valence electrons. The molecule has 2 aromatic carbocycles. The first kappa shape index (κ1) is 17.4. The van der Waals surface area contributed by atoms with Crippen LogP contribution in [0.1, 0.15) is 10.9 Å². The van der Waals surface area contributed by atoms with Crippen molar-refractivity contribution in [3.8, 4) is 0 Å².